The molecule has 0 aromatic rings. The Kier molecular flexibility index (Phi) is 38.0. The number of carbonyl (C=O) groups is 1. The molecule has 0 radical (unpaired) electrons. The molecule has 0 aromatic heterocycles. The van der Waals surface area contributed by atoms with E-state index in [0.717, 1.165) is 44.9 Å². The van der Waals surface area contributed by atoms with Gasteiger partial charge in [0.05, 0.1) is 25.4 Å². The van der Waals surface area contributed by atoms with Crippen molar-refractivity contribution in [3.05, 3.63) is 36.5 Å². The van der Waals surface area contributed by atoms with Gasteiger partial charge in [0.1, 0.15) is 30.5 Å². The second-order valence-corrected chi connectivity index (χ2v) is 18.9. The molecule has 1 saturated heterocycles. The minimum Gasteiger partial charge on any atom is -0.394 e. The maximum atomic E-state index is 13.1. The van der Waals surface area contributed by atoms with Crippen LogP contribution in [0.2, 0.25) is 0 Å². The maximum absolute atomic E-state index is 13.1. The van der Waals surface area contributed by atoms with E-state index < -0.39 is 78.5 Å². The summed E-state index contributed by atoms with van der Waals surface area (Å²) in [5, 5.41) is 55.3. The Morgan fingerprint density at radius 3 is 1.50 bits per heavy atom. The average Bonchev–Trinajstić information content (AvgIpc) is 3.27. The maximum Gasteiger partial charge on any atom is 0.397 e. The summed E-state index contributed by atoms with van der Waals surface area (Å²) in [6.45, 7) is 3.21. The highest BCUT2D eigenvalue weighted by Crippen LogP contribution is 2.26. The highest BCUT2D eigenvalue weighted by atomic mass is 32.3. The molecule has 13 nitrogen and oxygen atoms in total. The second-order valence-electron chi connectivity index (χ2n) is 17.9. The van der Waals surface area contributed by atoms with Crippen molar-refractivity contribution >= 4 is 16.3 Å². The lowest BCUT2D eigenvalue weighted by atomic mass is 9.99. The number of ether oxygens (including phenoxy) is 2. The van der Waals surface area contributed by atoms with Crippen LogP contribution in [0.5, 0.6) is 0 Å². The van der Waals surface area contributed by atoms with E-state index in [0.29, 0.717) is 12.8 Å². The van der Waals surface area contributed by atoms with Crippen molar-refractivity contribution < 1.29 is 57.0 Å². The second kappa shape index (κ2) is 40.4. The monoisotopic (exact) mass is 932 g/mol. The van der Waals surface area contributed by atoms with E-state index in [1.807, 2.05) is 0 Å². The molecule has 0 saturated carbocycles. The van der Waals surface area contributed by atoms with E-state index in [1.54, 1.807) is 6.08 Å². The quantitative estimate of drug-likeness (QED) is 0.0173. The number of hydrogen-bond acceptors (Lipinski definition) is 11. The predicted molar refractivity (Wildman–Crippen MR) is 256 cm³/mol. The zero-order valence-corrected chi connectivity index (χ0v) is 40.8. The third kappa shape index (κ3) is 32.1. The van der Waals surface area contributed by atoms with Crippen LogP contribution in [0.1, 0.15) is 213 Å². The molecule has 64 heavy (non-hydrogen) atoms. The highest BCUT2D eigenvalue weighted by molar-refractivity contribution is 7.80. The summed E-state index contributed by atoms with van der Waals surface area (Å²) < 4.78 is 47.6. The molecule has 1 aliphatic rings. The molecule has 8 unspecified atom stereocenters. The van der Waals surface area contributed by atoms with Crippen LogP contribution in [0.15, 0.2) is 36.5 Å². The minimum atomic E-state index is -5.13. The fourth-order valence-electron chi connectivity index (χ4n) is 7.96. The van der Waals surface area contributed by atoms with Crippen LogP contribution in [-0.2, 0) is 28.9 Å². The zero-order chi connectivity index (χ0) is 47.1. The van der Waals surface area contributed by atoms with Crippen molar-refractivity contribution in [1.29, 1.82) is 0 Å². The molecule has 0 aliphatic carbocycles. The lowest BCUT2D eigenvalue weighted by molar-refractivity contribution is -0.298. The number of rotatable bonds is 43. The topological polar surface area (TPSA) is 212 Å². The van der Waals surface area contributed by atoms with Gasteiger partial charge in [-0.3, -0.25) is 9.35 Å². The Balaban J connectivity index is 2.56. The van der Waals surface area contributed by atoms with Crippen LogP contribution >= 0.6 is 0 Å². The third-order valence-corrected chi connectivity index (χ3v) is 12.5. The summed E-state index contributed by atoms with van der Waals surface area (Å²) in [5.74, 6) is -0.714. The van der Waals surface area contributed by atoms with Gasteiger partial charge in [-0.25, -0.2) is 4.18 Å². The number of unbranched alkanes of at least 4 members (excludes halogenated alkanes) is 26. The fraction of sp³-hybridized carbons (Fsp3) is 0.860. The van der Waals surface area contributed by atoms with Gasteiger partial charge in [0.25, 0.3) is 0 Å². The molecule has 376 valence electrons. The Morgan fingerprint density at radius 2 is 1.05 bits per heavy atom. The summed E-state index contributed by atoms with van der Waals surface area (Å²) in [6, 6.07) is -1.14. The molecule has 1 aliphatic heterocycles. The Labute approximate surface area is 388 Å². The molecule has 0 aromatic carbocycles. The third-order valence-electron chi connectivity index (χ3n) is 12.0. The van der Waals surface area contributed by atoms with Gasteiger partial charge >= 0.3 is 10.4 Å². The van der Waals surface area contributed by atoms with Gasteiger partial charge in [-0.15, -0.1) is 0 Å². The van der Waals surface area contributed by atoms with E-state index in [-0.39, 0.29) is 6.42 Å². The van der Waals surface area contributed by atoms with Gasteiger partial charge in [-0.2, -0.15) is 8.42 Å². The largest absolute Gasteiger partial charge is 0.397 e. The van der Waals surface area contributed by atoms with Gasteiger partial charge in [0.2, 0.25) is 5.91 Å². The summed E-state index contributed by atoms with van der Waals surface area (Å²) in [7, 11) is -5.13. The van der Waals surface area contributed by atoms with Gasteiger partial charge < -0.3 is 40.3 Å². The predicted octanol–water partition coefficient (Wildman–Crippen LogP) is 9.64. The first-order chi connectivity index (χ1) is 30.9. The van der Waals surface area contributed by atoms with E-state index >= 15 is 0 Å². The number of hydrogen-bond donors (Lipinski definition) is 7. The Bertz CT molecular complexity index is 1300. The van der Waals surface area contributed by atoms with E-state index in [2.05, 4.69) is 47.7 Å². The van der Waals surface area contributed by atoms with E-state index in [9.17, 15) is 43.3 Å². The van der Waals surface area contributed by atoms with Crippen LogP contribution in [0.3, 0.4) is 0 Å². The SMILES string of the molecule is CCCCCCCCCC/C=C/CC/C=C/CC/C=C/C(O)C(COC1OC(CO)C(O)C(OS(=O)(=O)O)C1O)NC(=O)C(O)CCCCCCCCCCCCCCCCCCC. The molecule has 1 fully saturated rings. The number of amides is 1. The van der Waals surface area contributed by atoms with Gasteiger partial charge in [-0.05, 0) is 44.9 Å². The molecule has 0 spiro atoms. The molecule has 7 N–H and O–H groups in total. The molecule has 0 bridgehead atoms. The van der Waals surface area contributed by atoms with Crippen LogP contribution in [0, 0.1) is 0 Å². The lowest BCUT2D eigenvalue weighted by Gasteiger charge is -2.41. The average molecular weight is 932 g/mol. The van der Waals surface area contributed by atoms with Gasteiger partial charge in [-0.1, -0.05) is 204 Å². The first kappa shape index (κ1) is 60.3. The smallest absolute Gasteiger partial charge is 0.394 e. The zero-order valence-electron chi connectivity index (χ0n) is 40.0. The summed E-state index contributed by atoms with van der Waals surface area (Å²) in [6.07, 6.45) is 36.5. The standard InChI is InChI=1S/C50H93NO12S/c1-3-5-7-9-11-13-15-17-19-21-23-24-26-28-30-32-34-36-38-43(53)42(41-61-50-47(56)48(63-64(58,59)60)46(55)45(40-52)62-50)51-49(57)44(54)39-37-35-33-31-29-27-25-22-20-18-16-14-12-10-8-6-4-2/h21,23,28,30,36,38,42-48,50,52-56H,3-20,22,24-27,29,31-35,37,39-41H2,1-2H3,(H,51,57)(H,58,59,60)/b23-21+,30-28+,38-36+. The van der Waals surface area contributed by atoms with Crippen LogP contribution in [-0.4, -0.2) is 107 Å². The van der Waals surface area contributed by atoms with Crippen LogP contribution < -0.4 is 5.32 Å². The molecule has 1 rings (SSSR count). The van der Waals surface area contributed by atoms with Crippen LogP contribution in [0.25, 0.3) is 0 Å². The normalized spacial score (nSPS) is 21.0. The summed E-state index contributed by atoms with van der Waals surface area (Å²) >= 11 is 0. The molecule has 1 amide bonds. The van der Waals surface area contributed by atoms with E-state index in [1.165, 1.54) is 141 Å². The molecule has 1 heterocycles. The number of allylic oxidation sites excluding steroid dienone is 5. The molecular weight excluding hydrogens is 839 g/mol. The van der Waals surface area contributed by atoms with Crippen molar-refractivity contribution in [2.75, 3.05) is 13.2 Å². The molecular formula is C50H93NO12S. The minimum absolute atomic E-state index is 0.237. The van der Waals surface area contributed by atoms with Crippen molar-refractivity contribution in [1.82, 2.24) is 5.32 Å². The Hall–Kier alpha value is -1.72. The summed E-state index contributed by atoms with van der Waals surface area (Å²) in [4.78, 5) is 13.1. The van der Waals surface area contributed by atoms with E-state index in [4.69, 9.17) is 9.47 Å². The number of carbonyl (C=O) groups excluding carboxylic acids is 1. The molecule has 14 heteroatoms. The fourth-order valence-corrected chi connectivity index (χ4v) is 8.47. The van der Waals surface area contributed by atoms with Crippen molar-refractivity contribution in [2.45, 2.75) is 262 Å². The number of nitrogens with one attached hydrogen (secondary N) is 1. The van der Waals surface area contributed by atoms with Gasteiger partial charge in [0.15, 0.2) is 6.29 Å². The summed E-state index contributed by atoms with van der Waals surface area (Å²) in [5.41, 5.74) is 0. The first-order valence-corrected chi connectivity index (χ1v) is 26.8. The highest BCUT2D eigenvalue weighted by Gasteiger charge is 2.48. The first-order valence-electron chi connectivity index (χ1n) is 25.5. The van der Waals surface area contributed by atoms with Crippen molar-refractivity contribution in [3.8, 4) is 0 Å². The van der Waals surface area contributed by atoms with Crippen molar-refractivity contribution in [2.24, 2.45) is 0 Å². The Morgan fingerprint density at radius 1 is 0.625 bits per heavy atom. The molecule has 8 atom stereocenters. The van der Waals surface area contributed by atoms with Crippen LogP contribution in [0.4, 0.5) is 0 Å². The lowest BCUT2D eigenvalue weighted by Crippen LogP contribution is -2.61. The van der Waals surface area contributed by atoms with Crippen molar-refractivity contribution in [3.63, 3.8) is 0 Å². The van der Waals surface area contributed by atoms with Gasteiger partial charge in [0, 0.05) is 0 Å². The number of aliphatic hydroxyl groups excluding tert-OH is 5. The number of aliphatic hydroxyl groups is 5.